The maximum Gasteiger partial charge on any atom is 0.0613 e. The van der Waals surface area contributed by atoms with E-state index in [0.717, 1.165) is 18.4 Å². The molecule has 2 heterocycles. The van der Waals surface area contributed by atoms with Gasteiger partial charge in [0, 0.05) is 70.1 Å². The molecule has 16 rings (SSSR count). The Morgan fingerprint density at radius 2 is 0.864 bits per heavy atom. The molecule has 2 aliphatic carbocycles. The van der Waals surface area contributed by atoms with Crippen LogP contribution in [0.4, 0.5) is 0 Å². The van der Waals surface area contributed by atoms with Gasteiger partial charge in [0.15, 0.2) is 0 Å². The van der Waals surface area contributed by atoms with Gasteiger partial charge in [0.25, 0.3) is 0 Å². The van der Waals surface area contributed by atoms with Gasteiger partial charge >= 0.3 is 0 Å². The summed E-state index contributed by atoms with van der Waals surface area (Å²) in [5.41, 5.74) is 22.7. The van der Waals surface area contributed by atoms with Crippen molar-refractivity contribution in [3.8, 4) is 78.9 Å². The molecule has 0 atom stereocenters. The summed E-state index contributed by atoms with van der Waals surface area (Å²) in [5.74, 6) is 6.94. The van der Waals surface area contributed by atoms with Gasteiger partial charge < -0.3 is 9.13 Å². The Bertz CT molecular complexity index is 5070. The van der Waals surface area contributed by atoms with Gasteiger partial charge in [-0.1, -0.05) is 248 Å². The lowest BCUT2D eigenvalue weighted by Gasteiger charge is -2.43. The van der Waals surface area contributed by atoms with E-state index in [2.05, 4.69) is 343 Å². The Labute approximate surface area is 516 Å². The zero-order valence-corrected chi connectivity index (χ0v) is 49.4. The number of fused-ring (bicyclic) bond motifs is 6. The van der Waals surface area contributed by atoms with Crippen LogP contribution in [0, 0.1) is 11.8 Å². The number of rotatable bonds is 12. The Morgan fingerprint density at radius 3 is 1.53 bits per heavy atom. The topological polar surface area (TPSA) is 9.86 Å². The van der Waals surface area contributed by atoms with Crippen molar-refractivity contribution in [1.82, 2.24) is 9.13 Å². The van der Waals surface area contributed by atoms with Crippen molar-refractivity contribution < 1.29 is 0 Å². The fraction of sp³-hybridized carbons (Fsp3) is 0.0353. The maximum atomic E-state index is 3.58. The number of allylic oxidation sites excluding steroid dienone is 5. The molecule has 0 spiro atoms. The van der Waals surface area contributed by atoms with Crippen LogP contribution in [0.2, 0.25) is 0 Å². The molecule has 0 radical (unpaired) electrons. The number of hydrogen-bond acceptors (Lipinski definition) is 0. The fourth-order valence-corrected chi connectivity index (χ4v) is 17.8. The highest BCUT2D eigenvalue weighted by atomic mass is 32.3. The number of nitrogens with zero attached hydrogens (tertiary/aromatic N) is 2. The molecule has 0 bridgehead atoms. The standard InChI is InChI=1S/C85H60N2S/c1-2-9-35-63(34-8-1)76-58-72(88(69-40-18-7-19-41-69,70-42-26-38-65(54-70)60-28-10-3-11-29-60)71-43-27-39-66(55-71)61-30-12-4-13-31-61)59-77(64-36-16-6-17-37-64)85(76)87-82-49-25-22-46-75(82)79-57-68(51-53-84(79)87)67-50-52-83-78(56-67)74-45-21-24-48-81(74)86(83)80-47-23-20-44-73(80)62-32-14-5-15-33-62/h1,3-8,10-24,26-34,36-48,50-59H,25,35,49H2. The van der Waals surface area contributed by atoms with Gasteiger partial charge in [-0.05, 0) is 154 Å². The molecule has 2 aromatic heterocycles. The van der Waals surface area contributed by atoms with Crippen LogP contribution >= 0.6 is 10.0 Å². The van der Waals surface area contributed by atoms with E-state index in [0.29, 0.717) is 6.42 Å². The largest absolute Gasteiger partial charge is 0.312 e. The maximum absolute atomic E-state index is 3.58. The molecule has 0 saturated carbocycles. The first-order chi connectivity index (χ1) is 43.7. The first-order valence-electron chi connectivity index (χ1n) is 30.5. The minimum absolute atomic E-state index is 0.598. The van der Waals surface area contributed by atoms with Crippen LogP contribution in [0.15, 0.2) is 341 Å². The van der Waals surface area contributed by atoms with Crippen LogP contribution in [0.3, 0.4) is 0 Å². The highest BCUT2D eigenvalue weighted by Crippen LogP contribution is 2.74. The number of para-hydroxylation sites is 2. The van der Waals surface area contributed by atoms with Crippen LogP contribution in [0.25, 0.3) is 111 Å². The lowest BCUT2D eigenvalue weighted by molar-refractivity contribution is 0.887. The molecular weight excluding hydrogens is 1080 g/mol. The Hall–Kier alpha value is -10.9. The zero-order chi connectivity index (χ0) is 58.4. The summed E-state index contributed by atoms with van der Waals surface area (Å²) >= 11 is 0. The Morgan fingerprint density at radius 1 is 0.352 bits per heavy atom. The first-order valence-corrected chi connectivity index (χ1v) is 32.1. The zero-order valence-electron chi connectivity index (χ0n) is 48.6. The molecular formula is C85H60N2S. The molecule has 2 aliphatic rings. The third-order valence-electron chi connectivity index (χ3n) is 17.8. The smallest absolute Gasteiger partial charge is 0.0613 e. The molecule has 14 aromatic rings. The summed E-state index contributed by atoms with van der Waals surface area (Å²) in [6.45, 7) is 0. The van der Waals surface area contributed by atoms with E-state index in [1.165, 1.54) is 136 Å². The van der Waals surface area contributed by atoms with Crippen molar-refractivity contribution in [3.05, 3.63) is 338 Å². The van der Waals surface area contributed by atoms with E-state index >= 15 is 0 Å². The number of benzene rings is 12. The molecule has 0 aliphatic heterocycles. The highest BCUT2D eigenvalue weighted by molar-refractivity contribution is 8.34. The number of aromatic nitrogens is 2. The van der Waals surface area contributed by atoms with Crippen molar-refractivity contribution in [3.63, 3.8) is 0 Å². The molecule has 416 valence electrons. The van der Waals surface area contributed by atoms with E-state index in [1.54, 1.807) is 0 Å². The predicted octanol–water partition coefficient (Wildman–Crippen LogP) is 22.7. The van der Waals surface area contributed by atoms with Crippen LogP contribution in [0.1, 0.15) is 29.7 Å². The van der Waals surface area contributed by atoms with Crippen molar-refractivity contribution in [2.75, 3.05) is 0 Å². The van der Waals surface area contributed by atoms with Gasteiger partial charge in [0.05, 0.1) is 27.9 Å². The lowest BCUT2D eigenvalue weighted by atomic mass is 9.93. The van der Waals surface area contributed by atoms with Gasteiger partial charge in [-0.15, -0.1) is 10.0 Å². The van der Waals surface area contributed by atoms with Gasteiger partial charge in [-0.2, -0.15) is 0 Å². The Kier molecular flexibility index (Phi) is 13.5. The molecule has 0 saturated heterocycles. The second-order valence-corrected chi connectivity index (χ2v) is 25.9. The second kappa shape index (κ2) is 22.5. The van der Waals surface area contributed by atoms with Crippen LogP contribution < -0.4 is 0 Å². The quantitative estimate of drug-likeness (QED) is 0.108. The third kappa shape index (κ3) is 9.08. The summed E-state index contributed by atoms with van der Waals surface area (Å²) in [5, 5.41) is 3.71. The minimum atomic E-state index is -2.32. The van der Waals surface area contributed by atoms with Gasteiger partial charge in [0.1, 0.15) is 0 Å². The first kappa shape index (κ1) is 52.6. The van der Waals surface area contributed by atoms with E-state index in [4.69, 9.17) is 0 Å². The molecule has 3 heteroatoms. The highest BCUT2D eigenvalue weighted by Gasteiger charge is 2.37. The van der Waals surface area contributed by atoms with Crippen molar-refractivity contribution >= 4 is 54.4 Å². The third-order valence-corrected chi connectivity index (χ3v) is 21.7. The fourth-order valence-electron chi connectivity index (χ4n) is 13.8. The van der Waals surface area contributed by atoms with Gasteiger partial charge in [-0.25, -0.2) is 0 Å². The summed E-state index contributed by atoms with van der Waals surface area (Å²) in [6, 6.07) is 111. The number of hydrogen-bond donors (Lipinski definition) is 0. The van der Waals surface area contributed by atoms with Crippen LogP contribution in [-0.2, 0) is 6.42 Å². The van der Waals surface area contributed by atoms with Gasteiger partial charge in [-0.3, -0.25) is 0 Å². The van der Waals surface area contributed by atoms with E-state index in [-0.39, 0.29) is 0 Å². The molecule has 0 fully saturated rings. The SMILES string of the molecule is C1#CCC(c2cc(S(c3ccccc3)(c3cccc(-c4ccccc4)c3)c3cccc(-c4ccccc4)c3)cc(-c3ccccc3)c2-n2c3c(c4cc(-c5ccc6c(c5)c5ccccc5n6-c5ccccc5-c5ccccc5)ccc42)C=CCC3)=CC=C1. The summed E-state index contributed by atoms with van der Waals surface area (Å²) in [7, 11) is -2.32. The van der Waals surface area contributed by atoms with E-state index in [9.17, 15) is 0 Å². The summed E-state index contributed by atoms with van der Waals surface area (Å²) in [4.78, 5) is 5.04. The Balaban J connectivity index is 0.955. The molecule has 0 amide bonds. The molecule has 0 unspecified atom stereocenters. The summed E-state index contributed by atoms with van der Waals surface area (Å²) < 4.78 is 5.10. The molecule has 2 nitrogen and oxygen atoms in total. The second-order valence-electron chi connectivity index (χ2n) is 22.8. The van der Waals surface area contributed by atoms with E-state index in [1.807, 2.05) is 6.08 Å². The van der Waals surface area contributed by atoms with Crippen molar-refractivity contribution in [1.29, 1.82) is 0 Å². The van der Waals surface area contributed by atoms with Crippen molar-refractivity contribution in [2.45, 2.75) is 38.8 Å². The van der Waals surface area contributed by atoms with E-state index < -0.39 is 10.0 Å². The van der Waals surface area contributed by atoms with Crippen molar-refractivity contribution in [2.24, 2.45) is 0 Å². The lowest BCUT2D eigenvalue weighted by Crippen LogP contribution is -2.11. The average molecular weight is 1140 g/mol. The normalized spacial score (nSPS) is 13.0. The average Bonchev–Trinajstić information content (AvgIpc) is 1.22. The molecule has 0 N–H and O–H groups in total. The summed E-state index contributed by atoms with van der Waals surface area (Å²) in [6.07, 6.45) is 13.7. The molecule has 12 aromatic carbocycles. The minimum Gasteiger partial charge on any atom is -0.312 e. The van der Waals surface area contributed by atoms with Crippen LogP contribution in [0.5, 0.6) is 0 Å². The van der Waals surface area contributed by atoms with Gasteiger partial charge in [0.2, 0.25) is 0 Å². The molecule has 88 heavy (non-hydrogen) atoms. The van der Waals surface area contributed by atoms with Crippen LogP contribution in [-0.4, -0.2) is 9.13 Å². The monoisotopic (exact) mass is 1140 g/mol. The predicted molar refractivity (Wildman–Crippen MR) is 372 cm³/mol.